The molecule has 0 spiro atoms. The van der Waals surface area contributed by atoms with Crippen molar-refractivity contribution in [1.82, 2.24) is 4.90 Å². The summed E-state index contributed by atoms with van der Waals surface area (Å²) in [6, 6.07) is 12.1. The van der Waals surface area contributed by atoms with Crippen molar-refractivity contribution in [1.29, 1.82) is 0 Å². The topological polar surface area (TPSA) is 89.1 Å². The Labute approximate surface area is 175 Å². The molecule has 30 heavy (non-hydrogen) atoms. The van der Waals surface area contributed by atoms with Gasteiger partial charge in [0.15, 0.2) is 11.5 Å². The molecule has 2 N–H and O–H groups in total. The number of morpholine rings is 1. The van der Waals surface area contributed by atoms with Gasteiger partial charge in [0.05, 0.1) is 30.0 Å². The Balaban J connectivity index is 1.41. The second-order valence-electron chi connectivity index (χ2n) is 7.57. The molecule has 2 aliphatic rings. The number of nitrogens with zero attached hydrogens (tertiary/aromatic N) is 1. The van der Waals surface area contributed by atoms with Crippen LogP contribution in [0.2, 0.25) is 0 Å². The Morgan fingerprint density at radius 1 is 1.00 bits per heavy atom. The van der Waals surface area contributed by atoms with E-state index in [1.54, 1.807) is 42.5 Å². The predicted octanol–water partition coefficient (Wildman–Crippen LogP) is 2.72. The zero-order valence-electron chi connectivity index (χ0n) is 17.0. The van der Waals surface area contributed by atoms with Crippen LogP contribution in [0.4, 0.5) is 11.4 Å². The van der Waals surface area contributed by atoms with Crippen LogP contribution in [-0.2, 0) is 9.53 Å². The van der Waals surface area contributed by atoms with Crippen molar-refractivity contribution in [3.8, 4) is 11.5 Å². The van der Waals surface area contributed by atoms with Gasteiger partial charge < -0.3 is 24.8 Å². The van der Waals surface area contributed by atoms with E-state index in [0.717, 1.165) is 0 Å². The molecule has 8 heteroatoms. The summed E-state index contributed by atoms with van der Waals surface area (Å²) in [4.78, 5) is 27.5. The van der Waals surface area contributed by atoms with Crippen LogP contribution >= 0.6 is 0 Å². The van der Waals surface area contributed by atoms with Crippen molar-refractivity contribution in [3.05, 3.63) is 48.0 Å². The van der Waals surface area contributed by atoms with Gasteiger partial charge in [-0.2, -0.15) is 0 Å². The maximum absolute atomic E-state index is 12.8. The van der Waals surface area contributed by atoms with Crippen molar-refractivity contribution < 1.29 is 23.8 Å². The summed E-state index contributed by atoms with van der Waals surface area (Å²) in [7, 11) is 0. The summed E-state index contributed by atoms with van der Waals surface area (Å²) < 4.78 is 16.3. The summed E-state index contributed by atoms with van der Waals surface area (Å²) >= 11 is 0. The minimum absolute atomic E-state index is 0.0846. The van der Waals surface area contributed by atoms with Gasteiger partial charge in [0.2, 0.25) is 12.7 Å². The molecular weight excluding hydrogens is 386 g/mol. The average Bonchev–Trinajstić information content (AvgIpc) is 3.15. The van der Waals surface area contributed by atoms with Crippen LogP contribution in [0.1, 0.15) is 24.2 Å². The van der Waals surface area contributed by atoms with Crippen LogP contribution in [0.5, 0.6) is 11.5 Å². The number of benzene rings is 2. The van der Waals surface area contributed by atoms with E-state index in [4.69, 9.17) is 14.2 Å². The maximum Gasteiger partial charge on any atom is 0.257 e. The lowest BCUT2D eigenvalue weighted by Gasteiger charge is -2.34. The van der Waals surface area contributed by atoms with Crippen LogP contribution in [0.25, 0.3) is 0 Å². The zero-order valence-corrected chi connectivity index (χ0v) is 17.0. The standard InChI is InChI=1S/C22H25N3O5/c1-14-10-25(11-15(2)30-14)12-21(26)24-18-6-4-3-5-17(18)22(27)23-16-7-8-19-20(9-16)29-13-28-19/h3-9,14-15H,10-13H2,1-2H3,(H,23,27)(H,24,26)/t14-,15+. The predicted molar refractivity (Wildman–Crippen MR) is 112 cm³/mol. The van der Waals surface area contributed by atoms with Crippen LogP contribution < -0.4 is 20.1 Å². The molecule has 0 aliphatic carbocycles. The molecule has 2 amide bonds. The quantitative estimate of drug-likeness (QED) is 0.787. The molecule has 1 saturated heterocycles. The number of amides is 2. The van der Waals surface area contributed by atoms with Gasteiger partial charge >= 0.3 is 0 Å². The van der Waals surface area contributed by atoms with Crippen molar-refractivity contribution >= 4 is 23.2 Å². The number of hydrogen-bond donors (Lipinski definition) is 2. The van der Waals surface area contributed by atoms with Crippen molar-refractivity contribution in [3.63, 3.8) is 0 Å². The van der Waals surface area contributed by atoms with Crippen molar-refractivity contribution in [2.24, 2.45) is 0 Å². The lowest BCUT2D eigenvalue weighted by atomic mass is 10.1. The van der Waals surface area contributed by atoms with Gasteiger partial charge in [0.25, 0.3) is 5.91 Å². The number of nitrogens with one attached hydrogen (secondary N) is 2. The second kappa shape index (κ2) is 8.73. The molecule has 1 fully saturated rings. The molecule has 0 radical (unpaired) electrons. The van der Waals surface area contributed by atoms with E-state index in [2.05, 4.69) is 15.5 Å². The van der Waals surface area contributed by atoms with E-state index in [0.29, 0.717) is 41.5 Å². The van der Waals surface area contributed by atoms with E-state index in [1.807, 2.05) is 13.8 Å². The monoisotopic (exact) mass is 411 g/mol. The molecular formula is C22H25N3O5. The number of para-hydroxylation sites is 1. The van der Waals surface area contributed by atoms with E-state index < -0.39 is 0 Å². The van der Waals surface area contributed by atoms with Gasteiger partial charge in [-0.15, -0.1) is 0 Å². The van der Waals surface area contributed by atoms with Gasteiger partial charge in [0, 0.05) is 24.8 Å². The molecule has 158 valence electrons. The summed E-state index contributed by atoms with van der Waals surface area (Å²) in [5.74, 6) is 0.744. The molecule has 0 unspecified atom stereocenters. The minimum atomic E-state index is -0.321. The second-order valence-corrected chi connectivity index (χ2v) is 7.57. The third-order valence-corrected chi connectivity index (χ3v) is 4.94. The number of rotatable bonds is 5. The third kappa shape index (κ3) is 4.72. The van der Waals surface area contributed by atoms with E-state index in [9.17, 15) is 9.59 Å². The van der Waals surface area contributed by atoms with E-state index in [1.165, 1.54) is 0 Å². The Kier molecular flexibility index (Phi) is 5.87. The molecule has 0 aromatic heterocycles. The Morgan fingerprint density at radius 3 is 2.53 bits per heavy atom. The highest BCUT2D eigenvalue weighted by Crippen LogP contribution is 2.34. The maximum atomic E-state index is 12.8. The molecule has 2 aliphatic heterocycles. The highest BCUT2D eigenvalue weighted by atomic mass is 16.7. The van der Waals surface area contributed by atoms with Crippen molar-refractivity contribution in [2.45, 2.75) is 26.1 Å². The van der Waals surface area contributed by atoms with Crippen LogP contribution in [0, 0.1) is 0 Å². The van der Waals surface area contributed by atoms with Gasteiger partial charge in [-0.05, 0) is 38.1 Å². The van der Waals surface area contributed by atoms with Crippen LogP contribution in [0.3, 0.4) is 0 Å². The fourth-order valence-electron chi connectivity index (χ4n) is 3.77. The molecule has 0 saturated carbocycles. The van der Waals surface area contributed by atoms with E-state index in [-0.39, 0.29) is 37.4 Å². The van der Waals surface area contributed by atoms with Crippen molar-refractivity contribution in [2.75, 3.05) is 37.1 Å². The van der Waals surface area contributed by atoms with E-state index >= 15 is 0 Å². The number of carbonyl (C=O) groups excluding carboxylic acids is 2. The fraction of sp³-hybridized carbons (Fsp3) is 0.364. The first kappa shape index (κ1) is 20.2. The average molecular weight is 411 g/mol. The van der Waals surface area contributed by atoms with Gasteiger partial charge in [0.1, 0.15) is 0 Å². The minimum Gasteiger partial charge on any atom is -0.454 e. The number of fused-ring (bicyclic) bond motifs is 1. The lowest BCUT2D eigenvalue weighted by Crippen LogP contribution is -2.48. The number of hydrogen-bond acceptors (Lipinski definition) is 6. The molecule has 8 nitrogen and oxygen atoms in total. The molecule has 0 bridgehead atoms. The molecule has 2 aromatic carbocycles. The molecule has 2 heterocycles. The van der Waals surface area contributed by atoms with Crippen LogP contribution in [-0.4, -0.2) is 55.3 Å². The Morgan fingerprint density at radius 2 is 1.73 bits per heavy atom. The normalized spacial score (nSPS) is 20.6. The number of anilines is 2. The smallest absolute Gasteiger partial charge is 0.257 e. The zero-order chi connectivity index (χ0) is 21.1. The molecule has 2 aromatic rings. The summed E-state index contributed by atoms with van der Waals surface area (Å²) in [5, 5.41) is 5.71. The highest BCUT2D eigenvalue weighted by molar-refractivity contribution is 6.10. The molecule has 4 rings (SSSR count). The summed E-state index contributed by atoms with van der Waals surface area (Å²) in [5.41, 5.74) is 1.43. The first-order valence-corrected chi connectivity index (χ1v) is 9.95. The number of carbonyl (C=O) groups is 2. The first-order valence-electron chi connectivity index (χ1n) is 9.95. The first-order chi connectivity index (χ1) is 14.5. The fourth-order valence-corrected chi connectivity index (χ4v) is 3.77. The highest BCUT2D eigenvalue weighted by Gasteiger charge is 2.24. The number of ether oxygens (including phenoxy) is 3. The lowest BCUT2D eigenvalue weighted by molar-refractivity contribution is -0.121. The Hall–Kier alpha value is -3.10. The van der Waals surface area contributed by atoms with Gasteiger partial charge in [-0.3, -0.25) is 14.5 Å². The summed E-state index contributed by atoms with van der Waals surface area (Å²) in [6.07, 6.45) is 0.169. The largest absolute Gasteiger partial charge is 0.454 e. The Bertz CT molecular complexity index is 938. The summed E-state index contributed by atoms with van der Waals surface area (Å²) in [6.45, 7) is 5.80. The van der Waals surface area contributed by atoms with Gasteiger partial charge in [-0.1, -0.05) is 12.1 Å². The third-order valence-electron chi connectivity index (χ3n) is 4.94. The SMILES string of the molecule is C[C@@H]1CN(CC(=O)Nc2ccccc2C(=O)Nc2ccc3c(c2)OCO3)C[C@H](C)O1. The van der Waals surface area contributed by atoms with Crippen LogP contribution in [0.15, 0.2) is 42.5 Å². The van der Waals surface area contributed by atoms with Gasteiger partial charge in [-0.25, -0.2) is 0 Å². The molecule has 2 atom stereocenters.